The Labute approximate surface area is 189 Å². The molecule has 2 aromatic carbocycles. The van der Waals surface area contributed by atoms with E-state index >= 15 is 0 Å². The summed E-state index contributed by atoms with van der Waals surface area (Å²) in [5.74, 6) is 0.380. The number of halogens is 3. The number of aromatic amines is 1. The highest BCUT2D eigenvalue weighted by Crippen LogP contribution is 2.47. The molecule has 1 unspecified atom stereocenters. The SMILES string of the molecule is COc1cc(OCC2=C(C)N(O)C(c3ccc(C(F)(F)F)cc3)S2)ccc1-c1noc(=O)[nH]1. The Hall–Kier alpha value is -3.38. The molecule has 1 atom stereocenters. The van der Waals surface area contributed by atoms with Crippen LogP contribution in [-0.4, -0.2) is 34.1 Å². The van der Waals surface area contributed by atoms with E-state index in [0.717, 1.165) is 17.2 Å². The van der Waals surface area contributed by atoms with E-state index in [2.05, 4.69) is 14.7 Å². The van der Waals surface area contributed by atoms with E-state index in [9.17, 15) is 23.2 Å². The van der Waals surface area contributed by atoms with Gasteiger partial charge in [-0.2, -0.15) is 13.2 Å². The van der Waals surface area contributed by atoms with Gasteiger partial charge < -0.3 is 9.47 Å². The van der Waals surface area contributed by atoms with Crippen LogP contribution in [0.2, 0.25) is 0 Å². The molecule has 2 heterocycles. The molecule has 174 valence electrons. The van der Waals surface area contributed by atoms with Crippen molar-refractivity contribution in [2.45, 2.75) is 18.5 Å². The number of hydrogen-bond donors (Lipinski definition) is 2. The van der Waals surface area contributed by atoms with Crippen molar-refractivity contribution in [2.75, 3.05) is 13.7 Å². The van der Waals surface area contributed by atoms with Crippen molar-refractivity contribution in [3.05, 3.63) is 74.7 Å². The van der Waals surface area contributed by atoms with Crippen LogP contribution in [0.4, 0.5) is 13.2 Å². The quantitative estimate of drug-likeness (QED) is 0.518. The molecule has 1 aromatic heterocycles. The largest absolute Gasteiger partial charge is 0.496 e. The maximum Gasteiger partial charge on any atom is 0.439 e. The molecule has 4 rings (SSSR count). The Morgan fingerprint density at radius 1 is 1.24 bits per heavy atom. The Morgan fingerprint density at radius 3 is 2.58 bits per heavy atom. The zero-order valence-electron chi connectivity index (χ0n) is 17.3. The first-order valence-electron chi connectivity index (χ1n) is 9.56. The fraction of sp³-hybridized carbons (Fsp3) is 0.238. The van der Waals surface area contributed by atoms with Crippen LogP contribution < -0.4 is 15.2 Å². The maximum atomic E-state index is 12.8. The molecule has 0 spiro atoms. The molecule has 2 N–H and O–H groups in total. The number of hydroxylamine groups is 2. The molecule has 3 aromatic rings. The maximum absolute atomic E-state index is 12.8. The second-order valence-corrected chi connectivity index (χ2v) is 8.21. The first kappa shape index (κ1) is 22.8. The molecule has 1 aliphatic heterocycles. The van der Waals surface area contributed by atoms with Crippen LogP contribution in [0, 0.1) is 0 Å². The van der Waals surface area contributed by atoms with Gasteiger partial charge in [-0.05, 0) is 36.8 Å². The molecular formula is C21H18F3N3O5S. The minimum atomic E-state index is -4.42. The van der Waals surface area contributed by atoms with Gasteiger partial charge >= 0.3 is 11.9 Å². The van der Waals surface area contributed by atoms with Gasteiger partial charge in [-0.25, -0.2) is 9.86 Å². The highest BCUT2D eigenvalue weighted by atomic mass is 32.2. The fourth-order valence-corrected chi connectivity index (χ4v) is 4.42. The molecule has 0 saturated carbocycles. The van der Waals surface area contributed by atoms with Crippen molar-refractivity contribution < 1.29 is 32.4 Å². The van der Waals surface area contributed by atoms with Crippen LogP contribution in [0.15, 0.2) is 62.4 Å². The molecule has 0 aliphatic carbocycles. The van der Waals surface area contributed by atoms with Crippen molar-refractivity contribution >= 4 is 11.8 Å². The highest BCUT2D eigenvalue weighted by Gasteiger charge is 2.33. The number of alkyl halides is 3. The van der Waals surface area contributed by atoms with E-state index in [1.165, 1.54) is 31.0 Å². The number of allylic oxidation sites excluding steroid dienone is 1. The van der Waals surface area contributed by atoms with E-state index in [-0.39, 0.29) is 12.4 Å². The van der Waals surface area contributed by atoms with Crippen LogP contribution in [0.5, 0.6) is 11.5 Å². The van der Waals surface area contributed by atoms with Gasteiger partial charge in [-0.3, -0.25) is 14.7 Å². The number of thioether (sulfide) groups is 1. The number of aromatic nitrogens is 2. The molecule has 0 saturated heterocycles. The number of ether oxygens (including phenoxy) is 2. The summed E-state index contributed by atoms with van der Waals surface area (Å²) in [6.07, 6.45) is -4.42. The molecule has 0 radical (unpaired) electrons. The summed E-state index contributed by atoms with van der Waals surface area (Å²) >= 11 is 1.28. The summed E-state index contributed by atoms with van der Waals surface area (Å²) in [5, 5.41) is 14.5. The number of nitrogens with zero attached hydrogens (tertiary/aromatic N) is 2. The molecule has 0 bridgehead atoms. The zero-order valence-corrected chi connectivity index (χ0v) is 18.2. The third-order valence-corrected chi connectivity index (χ3v) is 6.38. The van der Waals surface area contributed by atoms with Crippen molar-refractivity contribution in [1.29, 1.82) is 0 Å². The lowest BCUT2D eigenvalue weighted by molar-refractivity contribution is -0.137. The Balaban J connectivity index is 1.46. The van der Waals surface area contributed by atoms with Crippen LogP contribution in [0.3, 0.4) is 0 Å². The fourth-order valence-electron chi connectivity index (χ4n) is 3.21. The topological polar surface area (TPSA) is 101 Å². The number of rotatable bonds is 6. The molecule has 8 nitrogen and oxygen atoms in total. The average Bonchev–Trinajstić information content (AvgIpc) is 3.35. The van der Waals surface area contributed by atoms with Gasteiger partial charge in [0.05, 0.1) is 23.9 Å². The lowest BCUT2D eigenvalue weighted by Crippen LogP contribution is -2.17. The lowest BCUT2D eigenvalue weighted by atomic mass is 10.1. The number of benzene rings is 2. The smallest absolute Gasteiger partial charge is 0.439 e. The number of H-pyrrole nitrogens is 1. The summed E-state index contributed by atoms with van der Waals surface area (Å²) in [5.41, 5.74) is 0.815. The molecular weight excluding hydrogens is 463 g/mol. The first-order chi connectivity index (χ1) is 15.7. The normalized spacial score (nSPS) is 16.4. The standard InChI is InChI=1S/C21H18F3N3O5S/c1-11-17(33-19(27(11)29)12-3-5-13(6-4-12)21(22,23)24)10-31-14-7-8-15(16(9-14)30-2)18-25-20(28)32-26-18/h3-9,19,29H,10H2,1-2H3,(H,25,26,28). The van der Waals surface area contributed by atoms with Crippen LogP contribution in [0.25, 0.3) is 11.4 Å². The van der Waals surface area contributed by atoms with Gasteiger partial charge in [-0.15, -0.1) is 0 Å². The van der Waals surface area contributed by atoms with Crippen molar-refractivity contribution in [3.8, 4) is 22.9 Å². The van der Waals surface area contributed by atoms with Crippen molar-refractivity contribution in [3.63, 3.8) is 0 Å². The Morgan fingerprint density at radius 2 is 1.97 bits per heavy atom. The number of methoxy groups -OCH3 is 1. The summed E-state index contributed by atoms with van der Waals surface area (Å²) in [4.78, 5) is 14.4. The average molecular weight is 481 g/mol. The van der Waals surface area contributed by atoms with E-state index < -0.39 is 22.9 Å². The Kier molecular flexibility index (Phi) is 6.13. The molecule has 0 fully saturated rings. The summed E-state index contributed by atoms with van der Waals surface area (Å²) < 4.78 is 54.1. The van der Waals surface area contributed by atoms with Crippen LogP contribution in [-0.2, 0) is 6.18 Å². The zero-order chi connectivity index (χ0) is 23.8. The van der Waals surface area contributed by atoms with Gasteiger partial charge in [0, 0.05) is 11.0 Å². The lowest BCUT2D eigenvalue weighted by Gasteiger charge is -2.21. The summed E-state index contributed by atoms with van der Waals surface area (Å²) in [7, 11) is 1.46. The van der Waals surface area contributed by atoms with Gasteiger partial charge in [0.2, 0.25) is 0 Å². The highest BCUT2D eigenvalue weighted by molar-refractivity contribution is 8.03. The molecule has 0 amide bonds. The van der Waals surface area contributed by atoms with Crippen LogP contribution in [0.1, 0.15) is 23.4 Å². The third kappa shape index (κ3) is 4.71. The summed E-state index contributed by atoms with van der Waals surface area (Å²) in [6, 6.07) is 9.59. The predicted molar refractivity (Wildman–Crippen MR) is 113 cm³/mol. The number of hydrogen-bond acceptors (Lipinski definition) is 8. The van der Waals surface area contributed by atoms with Crippen molar-refractivity contribution in [2.24, 2.45) is 0 Å². The van der Waals surface area contributed by atoms with E-state index in [1.54, 1.807) is 25.1 Å². The first-order valence-corrected chi connectivity index (χ1v) is 10.4. The predicted octanol–water partition coefficient (Wildman–Crippen LogP) is 4.80. The second-order valence-electron chi connectivity index (χ2n) is 7.04. The minimum Gasteiger partial charge on any atom is -0.496 e. The molecule has 33 heavy (non-hydrogen) atoms. The van der Waals surface area contributed by atoms with Gasteiger partial charge in [-0.1, -0.05) is 29.1 Å². The van der Waals surface area contributed by atoms with Gasteiger partial charge in [0.25, 0.3) is 0 Å². The third-order valence-electron chi connectivity index (χ3n) is 4.98. The Bertz CT molecular complexity index is 1240. The summed E-state index contributed by atoms with van der Waals surface area (Å²) in [6.45, 7) is 1.81. The van der Waals surface area contributed by atoms with Crippen LogP contribution >= 0.6 is 11.8 Å². The van der Waals surface area contributed by atoms with Gasteiger partial charge in [0.1, 0.15) is 23.5 Å². The molecule has 12 heteroatoms. The second kappa shape index (κ2) is 8.87. The van der Waals surface area contributed by atoms with Gasteiger partial charge in [0.15, 0.2) is 5.82 Å². The number of nitrogens with one attached hydrogen (secondary N) is 1. The van der Waals surface area contributed by atoms with E-state index in [4.69, 9.17) is 9.47 Å². The van der Waals surface area contributed by atoms with E-state index in [1.807, 2.05) is 0 Å². The monoisotopic (exact) mass is 481 g/mol. The molecule has 1 aliphatic rings. The minimum absolute atomic E-state index is 0.119. The van der Waals surface area contributed by atoms with E-state index in [0.29, 0.717) is 33.2 Å². The van der Waals surface area contributed by atoms with Crippen molar-refractivity contribution in [1.82, 2.24) is 15.2 Å².